The van der Waals surface area contributed by atoms with Crippen molar-refractivity contribution in [3.8, 4) is 5.75 Å². The van der Waals surface area contributed by atoms with Gasteiger partial charge in [-0.2, -0.15) is 17.6 Å². The zero-order valence-electron chi connectivity index (χ0n) is 19.7. The van der Waals surface area contributed by atoms with Crippen molar-refractivity contribution < 1.29 is 36.9 Å². The van der Waals surface area contributed by atoms with Crippen molar-refractivity contribution in [1.29, 1.82) is 0 Å². The fraction of sp³-hybridized carbons (Fsp3) is 0.480. The summed E-state index contributed by atoms with van der Waals surface area (Å²) in [5, 5.41) is 12.8. The molecule has 0 unspecified atom stereocenters. The van der Waals surface area contributed by atoms with Crippen LogP contribution in [-0.2, 0) is 17.3 Å². The monoisotopic (exact) mass is 496 g/mol. The lowest BCUT2D eigenvalue weighted by Crippen LogP contribution is -2.55. The number of carbonyl (C=O) groups excluding carboxylic acids is 1. The summed E-state index contributed by atoms with van der Waals surface area (Å²) < 4.78 is 63.9. The molecule has 2 aliphatic heterocycles. The molecule has 1 atom stereocenters. The number of hydrogen-bond acceptors (Lipinski definition) is 5. The predicted octanol–water partition coefficient (Wildman–Crippen LogP) is 4.61. The van der Waals surface area contributed by atoms with Gasteiger partial charge in [-0.15, -0.1) is 0 Å². The normalized spacial score (nSPS) is 18.6. The molecule has 1 amide bonds. The van der Waals surface area contributed by atoms with Crippen LogP contribution in [0.4, 0.5) is 23.2 Å². The van der Waals surface area contributed by atoms with Crippen molar-refractivity contribution in [3.63, 3.8) is 0 Å². The summed E-state index contributed by atoms with van der Waals surface area (Å²) in [5.41, 5.74) is 0.383. The minimum Gasteiger partial charge on any atom is -0.434 e. The third-order valence-electron chi connectivity index (χ3n) is 6.58. The molecule has 10 heteroatoms. The molecule has 0 radical (unpaired) electrons. The Hall–Kier alpha value is -2.85. The Kier molecular flexibility index (Phi) is 6.72. The Bertz CT molecular complexity index is 1100. The number of carbonyl (C=O) groups is 1. The Morgan fingerprint density at radius 1 is 1.23 bits per heavy atom. The zero-order chi connectivity index (χ0) is 25.5. The van der Waals surface area contributed by atoms with Crippen LogP contribution in [0.15, 0.2) is 36.4 Å². The summed E-state index contributed by atoms with van der Waals surface area (Å²) in [6, 6.07) is 8.01. The second kappa shape index (κ2) is 9.31. The topological polar surface area (TPSA) is 71.0 Å². The van der Waals surface area contributed by atoms with Crippen LogP contribution in [0.25, 0.3) is 0 Å². The number of hydrogen-bond donors (Lipinski definition) is 2. The molecule has 4 rings (SSSR count). The van der Waals surface area contributed by atoms with Crippen molar-refractivity contribution in [1.82, 2.24) is 5.32 Å². The summed E-state index contributed by atoms with van der Waals surface area (Å²) in [6.07, 6.45) is 0. The molecular weight excluding hydrogens is 468 g/mol. The number of aliphatic hydroxyl groups is 1. The second-order valence-corrected chi connectivity index (χ2v) is 9.62. The standard InChI is InChI=1S/C25H28F4N2O4/c1-14(30-22(32)15-4-7-20-16(8-15)12-34-13-25(20,28)29)19-6-5-18(9-21(19)35-23(26)27)31-10-17(11-31)24(2,3)33/h4-9,14,17,23,33H,10-13H2,1-3H3,(H,30,32)/t14-/m0/s1. The van der Waals surface area contributed by atoms with Gasteiger partial charge in [0.25, 0.3) is 11.8 Å². The third-order valence-corrected chi connectivity index (χ3v) is 6.58. The number of benzene rings is 2. The van der Waals surface area contributed by atoms with Crippen LogP contribution in [0.5, 0.6) is 5.75 Å². The molecule has 6 nitrogen and oxygen atoms in total. The number of rotatable bonds is 7. The fourth-order valence-corrected chi connectivity index (χ4v) is 4.35. The molecule has 2 heterocycles. The number of ether oxygens (including phenoxy) is 2. The van der Waals surface area contributed by atoms with Gasteiger partial charge in [0.1, 0.15) is 12.4 Å². The first-order valence-electron chi connectivity index (χ1n) is 11.3. The molecule has 190 valence electrons. The number of anilines is 1. The van der Waals surface area contributed by atoms with Crippen LogP contribution < -0.4 is 15.0 Å². The molecule has 0 saturated carbocycles. The molecule has 0 spiro atoms. The average molecular weight is 497 g/mol. The molecule has 1 saturated heterocycles. The second-order valence-electron chi connectivity index (χ2n) is 9.62. The van der Waals surface area contributed by atoms with Gasteiger partial charge in [-0.3, -0.25) is 4.79 Å². The van der Waals surface area contributed by atoms with E-state index in [0.29, 0.717) is 24.3 Å². The highest BCUT2D eigenvalue weighted by molar-refractivity contribution is 5.94. The molecule has 0 bridgehead atoms. The van der Waals surface area contributed by atoms with Gasteiger partial charge in [0.05, 0.1) is 18.2 Å². The summed E-state index contributed by atoms with van der Waals surface area (Å²) in [6.45, 7) is 2.43. The number of alkyl halides is 4. The molecule has 1 fully saturated rings. The summed E-state index contributed by atoms with van der Waals surface area (Å²) >= 11 is 0. The quantitative estimate of drug-likeness (QED) is 0.548. The molecular formula is C25H28F4N2O4. The van der Waals surface area contributed by atoms with Crippen molar-refractivity contribution in [2.75, 3.05) is 24.6 Å². The molecule has 2 aromatic carbocycles. The van der Waals surface area contributed by atoms with Crippen LogP contribution in [0.2, 0.25) is 0 Å². The molecule has 2 N–H and O–H groups in total. The highest BCUT2D eigenvalue weighted by atomic mass is 19.3. The summed E-state index contributed by atoms with van der Waals surface area (Å²) in [4.78, 5) is 14.8. The Morgan fingerprint density at radius 3 is 2.60 bits per heavy atom. The van der Waals surface area contributed by atoms with Crippen molar-refractivity contribution >= 4 is 11.6 Å². The van der Waals surface area contributed by atoms with Crippen LogP contribution in [-0.4, -0.2) is 42.9 Å². The average Bonchev–Trinajstić information content (AvgIpc) is 2.70. The molecule has 0 aromatic heterocycles. The molecule has 2 aromatic rings. The van der Waals surface area contributed by atoms with E-state index in [1.807, 2.05) is 4.90 Å². The SMILES string of the molecule is C[C@H](NC(=O)c1ccc2c(c1)COCC2(F)F)c1ccc(N2CC(C(C)(C)O)C2)cc1OC(F)F. The summed E-state index contributed by atoms with van der Waals surface area (Å²) in [5.74, 6) is -3.68. The number of halogens is 4. The summed E-state index contributed by atoms with van der Waals surface area (Å²) in [7, 11) is 0. The first kappa shape index (κ1) is 25.2. The van der Waals surface area contributed by atoms with E-state index in [9.17, 15) is 27.5 Å². The maximum absolute atomic E-state index is 14.0. The van der Waals surface area contributed by atoms with E-state index < -0.39 is 36.7 Å². The van der Waals surface area contributed by atoms with Crippen molar-refractivity contribution in [2.45, 2.75) is 51.6 Å². The Balaban J connectivity index is 1.50. The van der Waals surface area contributed by atoms with E-state index in [-0.39, 0.29) is 35.0 Å². The lowest BCUT2D eigenvalue weighted by atomic mass is 9.84. The van der Waals surface area contributed by atoms with Crippen molar-refractivity contribution in [2.24, 2.45) is 5.92 Å². The van der Waals surface area contributed by atoms with Crippen LogP contribution in [0.1, 0.15) is 53.9 Å². The van der Waals surface area contributed by atoms with Gasteiger partial charge in [-0.25, -0.2) is 0 Å². The smallest absolute Gasteiger partial charge is 0.387 e. The maximum atomic E-state index is 14.0. The minimum atomic E-state index is -3.12. The lowest BCUT2D eigenvalue weighted by molar-refractivity contribution is -0.103. The van der Waals surface area contributed by atoms with Gasteiger partial charge in [0.15, 0.2) is 0 Å². The van der Waals surface area contributed by atoms with E-state index in [1.54, 1.807) is 32.9 Å². The number of nitrogens with zero attached hydrogens (tertiary/aromatic N) is 1. The van der Waals surface area contributed by atoms with E-state index in [0.717, 1.165) is 0 Å². The highest BCUT2D eigenvalue weighted by Gasteiger charge is 2.39. The Labute approximate surface area is 200 Å². The number of nitrogens with one attached hydrogen (secondary N) is 1. The van der Waals surface area contributed by atoms with Crippen LogP contribution in [0.3, 0.4) is 0 Å². The van der Waals surface area contributed by atoms with Crippen LogP contribution >= 0.6 is 0 Å². The highest BCUT2D eigenvalue weighted by Crippen LogP contribution is 2.37. The zero-order valence-corrected chi connectivity index (χ0v) is 19.7. The van der Waals surface area contributed by atoms with E-state index in [1.165, 1.54) is 24.3 Å². The first-order valence-corrected chi connectivity index (χ1v) is 11.3. The van der Waals surface area contributed by atoms with Gasteiger partial charge in [-0.05, 0) is 44.5 Å². The predicted molar refractivity (Wildman–Crippen MR) is 121 cm³/mol. The van der Waals surface area contributed by atoms with Gasteiger partial charge >= 0.3 is 6.61 Å². The number of amides is 1. The van der Waals surface area contributed by atoms with E-state index in [4.69, 9.17) is 9.47 Å². The van der Waals surface area contributed by atoms with Gasteiger partial charge in [0, 0.05) is 47.5 Å². The van der Waals surface area contributed by atoms with Gasteiger partial charge in [0.2, 0.25) is 0 Å². The first-order chi connectivity index (χ1) is 16.3. The molecule has 2 aliphatic rings. The largest absolute Gasteiger partial charge is 0.434 e. The minimum absolute atomic E-state index is 0.0275. The molecule has 35 heavy (non-hydrogen) atoms. The fourth-order valence-electron chi connectivity index (χ4n) is 4.35. The van der Waals surface area contributed by atoms with Gasteiger partial charge < -0.3 is 24.8 Å². The lowest BCUT2D eigenvalue weighted by Gasteiger charge is -2.46. The van der Waals surface area contributed by atoms with E-state index in [2.05, 4.69) is 5.32 Å². The number of fused-ring (bicyclic) bond motifs is 1. The third kappa shape index (κ3) is 5.38. The molecule has 0 aliphatic carbocycles. The van der Waals surface area contributed by atoms with Crippen LogP contribution in [0, 0.1) is 5.92 Å². The Morgan fingerprint density at radius 2 is 1.94 bits per heavy atom. The van der Waals surface area contributed by atoms with Crippen molar-refractivity contribution in [3.05, 3.63) is 58.7 Å². The van der Waals surface area contributed by atoms with Gasteiger partial charge in [-0.1, -0.05) is 12.1 Å². The van der Waals surface area contributed by atoms with E-state index >= 15 is 0 Å². The maximum Gasteiger partial charge on any atom is 0.387 e.